The smallest absolute Gasteiger partial charge is 0.269 e. The van der Waals surface area contributed by atoms with Crippen LogP contribution in [-0.2, 0) is 19.7 Å². The zero-order chi connectivity index (χ0) is 20.8. The van der Waals surface area contributed by atoms with Gasteiger partial charge < -0.3 is 10.1 Å². The molecule has 1 N–H and O–H groups in total. The molecule has 9 heteroatoms. The molecule has 0 radical (unpaired) electrons. The molecule has 0 saturated carbocycles. The van der Waals surface area contributed by atoms with Gasteiger partial charge in [-0.15, -0.1) is 0 Å². The standard InChI is InChI=1S/C20H19ClN4O4/c1-2-24-19(18(21)11-23-24)12-22-20(26)15-5-3-4-14(10-15)13-29-17-8-6-16(7-9-17)25(27)28/h3-11H,2,12-13H2,1H3,(H,22,26). The number of nitrogens with one attached hydrogen (secondary N) is 1. The molecule has 29 heavy (non-hydrogen) atoms. The van der Waals surface area contributed by atoms with E-state index in [1.165, 1.54) is 24.3 Å². The molecule has 8 nitrogen and oxygen atoms in total. The topological polar surface area (TPSA) is 99.3 Å². The maximum Gasteiger partial charge on any atom is 0.269 e. The molecule has 0 atom stereocenters. The van der Waals surface area contributed by atoms with E-state index in [1.807, 2.05) is 13.0 Å². The van der Waals surface area contributed by atoms with Crippen molar-refractivity contribution >= 4 is 23.2 Å². The summed E-state index contributed by atoms with van der Waals surface area (Å²) in [6.07, 6.45) is 1.56. The molecule has 1 heterocycles. The number of aryl methyl sites for hydroxylation is 1. The second-order valence-corrected chi connectivity index (χ2v) is 6.58. The van der Waals surface area contributed by atoms with Gasteiger partial charge in [-0.2, -0.15) is 5.10 Å². The fourth-order valence-corrected chi connectivity index (χ4v) is 2.94. The van der Waals surface area contributed by atoms with E-state index in [4.69, 9.17) is 16.3 Å². The molecule has 0 saturated heterocycles. The fraction of sp³-hybridized carbons (Fsp3) is 0.200. The maximum absolute atomic E-state index is 12.5. The van der Waals surface area contributed by atoms with Crippen LogP contribution >= 0.6 is 11.6 Å². The van der Waals surface area contributed by atoms with E-state index in [1.54, 1.807) is 29.1 Å². The summed E-state index contributed by atoms with van der Waals surface area (Å²) in [7, 11) is 0. The molecule has 2 aromatic carbocycles. The van der Waals surface area contributed by atoms with Crippen molar-refractivity contribution in [2.45, 2.75) is 26.6 Å². The Balaban J connectivity index is 1.60. The summed E-state index contributed by atoms with van der Waals surface area (Å²) in [5.74, 6) is 0.273. The number of aromatic nitrogens is 2. The van der Waals surface area contributed by atoms with Crippen molar-refractivity contribution in [3.63, 3.8) is 0 Å². The number of carbonyl (C=O) groups excluding carboxylic acids is 1. The van der Waals surface area contributed by atoms with E-state index < -0.39 is 4.92 Å². The molecule has 0 fully saturated rings. The van der Waals surface area contributed by atoms with Crippen LogP contribution in [0.15, 0.2) is 54.7 Å². The number of amides is 1. The molecule has 0 aliphatic rings. The summed E-state index contributed by atoms with van der Waals surface area (Å²) >= 11 is 6.12. The Morgan fingerprint density at radius 1 is 1.28 bits per heavy atom. The van der Waals surface area contributed by atoms with Crippen LogP contribution in [0.3, 0.4) is 0 Å². The van der Waals surface area contributed by atoms with Crippen LogP contribution in [0, 0.1) is 10.1 Å². The van der Waals surface area contributed by atoms with Crippen LogP contribution in [0.4, 0.5) is 5.69 Å². The first-order valence-corrected chi connectivity index (χ1v) is 9.30. The average Bonchev–Trinajstić information content (AvgIpc) is 3.10. The highest BCUT2D eigenvalue weighted by Gasteiger charge is 2.12. The van der Waals surface area contributed by atoms with Gasteiger partial charge in [-0.25, -0.2) is 0 Å². The lowest BCUT2D eigenvalue weighted by Crippen LogP contribution is -2.24. The van der Waals surface area contributed by atoms with Crippen LogP contribution in [0.25, 0.3) is 0 Å². The molecule has 0 aliphatic carbocycles. The van der Waals surface area contributed by atoms with Crippen molar-refractivity contribution in [1.29, 1.82) is 0 Å². The molecule has 0 aliphatic heterocycles. The van der Waals surface area contributed by atoms with Crippen molar-refractivity contribution in [3.8, 4) is 5.75 Å². The zero-order valence-electron chi connectivity index (χ0n) is 15.7. The average molecular weight is 415 g/mol. The molecule has 3 rings (SSSR count). The highest BCUT2D eigenvalue weighted by Crippen LogP contribution is 2.19. The molecule has 150 valence electrons. The Kier molecular flexibility index (Phi) is 6.46. The second-order valence-electron chi connectivity index (χ2n) is 6.18. The zero-order valence-corrected chi connectivity index (χ0v) is 16.4. The monoisotopic (exact) mass is 414 g/mol. The number of hydrogen-bond donors (Lipinski definition) is 1. The number of nitrogens with zero attached hydrogens (tertiary/aromatic N) is 3. The SMILES string of the molecule is CCn1ncc(Cl)c1CNC(=O)c1cccc(COc2ccc([N+](=O)[O-])cc2)c1. The van der Waals surface area contributed by atoms with Crippen LogP contribution in [0.5, 0.6) is 5.75 Å². The number of rotatable bonds is 8. The highest BCUT2D eigenvalue weighted by atomic mass is 35.5. The van der Waals surface area contributed by atoms with Gasteiger partial charge in [0.25, 0.3) is 11.6 Å². The molecule has 1 aromatic heterocycles. The van der Waals surface area contributed by atoms with Gasteiger partial charge in [-0.3, -0.25) is 19.6 Å². The van der Waals surface area contributed by atoms with E-state index in [-0.39, 0.29) is 24.7 Å². The summed E-state index contributed by atoms with van der Waals surface area (Å²) in [6.45, 7) is 3.11. The predicted octanol–water partition coefficient (Wildman–Crippen LogP) is 3.97. The Bertz CT molecular complexity index is 1020. The van der Waals surface area contributed by atoms with Crippen LogP contribution in [-0.4, -0.2) is 20.6 Å². The Morgan fingerprint density at radius 3 is 2.72 bits per heavy atom. The summed E-state index contributed by atoms with van der Waals surface area (Å²) in [5.41, 5.74) is 2.04. The molecule has 0 bridgehead atoms. The minimum Gasteiger partial charge on any atom is -0.489 e. The van der Waals surface area contributed by atoms with Gasteiger partial charge in [0.15, 0.2) is 0 Å². The third kappa shape index (κ3) is 5.11. The number of benzene rings is 2. The normalized spacial score (nSPS) is 10.6. The lowest BCUT2D eigenvalue weighted by molar-refractivity contribution is -0.384. The third-order valence-electron chi connectivity index (χ3n) is 4.26. The number of nitro groups is 1. The fourth-order valence-electron chi connectivity index (χ4n) is 2.74. The van der Waals surface area contributed by atoms with Gasteiger partial charge >= 0.3 is 0 Å². The van der Waals surface area contributed by atoms with Gasteiger partial charge in [0.2, 0.25) is 0 Å². The summed E-state index contributed by atoms with van der Waals surface area (Å²) in [5, 5.41) is 18.2. The highest BCUT2D eigenvalue weighted by molar-refractivity contribution is 6.31. The van der Waals surface area contributed by atoms with E-state index in [9.17, 15) is 14.9 Å². The first-order chi connectivity index (χ1) is 14.0. The van der Waals surface area contributed by atoms with E-state index >= 15 is 0 Å². The van der Waals surface area contributed by atoms with Crippen molar-refractivity contribution in [3.05, 3.63) is 86.7 Å². The molecule has 1 amide bonds. The van der Waals surface area contributed by atoms with Gasteiger partial charge in [-0.1, -0.05) is 23.7 Å². The molecule has 3 aromatic rings. The number of non-ortho nitro benzene ring substituents is 1. The number of nitro benzene ring substituents is 1. The van der Waals surface area contributed by atoms with Crippen molar-refractivity contribution in [1.82, 2.24) is 15.1 Å². The van der Waals surface area contributed by atoms with E-state index in [2.05, 4.69) is 10.4 Å². The van der Waals surface area contributed by atoms with Crippen molar-refractivity contribution in [2.24, 2.45) is 0 Å². The van der Waals surface area contributed by atoms with Gasteiger partial charge in [0.05, 0.1) is 28.4 Å². The Morgan fingerprint density at radius 2 is 2.03 bits per heavy atom. The van der Waals surface area contributed by atoms with Gasteiger partial charge in [0, 0.05) is 24.2 Å². The minimum absolute atomic E-state index is 0.000498. The quantitative estimate of drug-likeness (QED) is 0.444. The summed E-state index contributed by atoms with van der Waals surface area (Å²) < 4.78 is 7.38. The van der Waals surface area contributed by atoms with E-state index in [0.29, 0.717) is 22.9 Å². The van der Waals surface area contributed by atoms with Crippen molar-refractivity contribution in [2.75, 3.05) is 0 Å². The largest absolute Gasteiger partial charge is 0.489 e. The molecule has 0 unspecified atom stereocenters. The lowest BCUT2D eigenvalue weighted by Gasteiger charge is -2.10. The predicted molar refractivity (Wildman–Crippen MR) is 108 cm³/mol. The molecular formula is C20H19ClN4O4. The summed E-state index contributed by atoms with van der Waals surface area (Å²) in [6, 6.07) is 12.9. The Hall–Kier alpha value is -3.39. The number of ether oxygens (including phenoxy) is 1. The van der Waals surface area contributed by atoms with Crippen LogP contribution in [0.1, 0.15) is 28.5 Å². The third-order valence-corrected chi connectivity index (χ3v) is 4.57. The maximum atomic E-state index is 12.5. The van der Waals surface area contributed by atoms with Crippen molar-refractivity contribution < 1.29 is 14.5 Å². The first-order valence-electron chi connectivity index (χ1n) is 8.92. The molecular weight excluding hydrogens is 396 g/mol. The molecule has 0 spiro atoms. The van der Waals surface area contributed by atoms with Gasteiger partial charge in [0.1, 0.15) is 12.4 Å². The lowest BCUT2D eigenvalue weighted by atomic mass is 10.1. The second kappa shape index (κ2) is 9.20. The first kappa shape index (κ1) is 20.3. The minimum atomic E-state index is -0.466. The number of hydrogen-bond acceptors (Lipinski definition) is 5. The van der Waals surface area contributed by atoms with Crippen LogP contribution < -0.4 is 10.1 Å². The van der Waals surface area contributed by atoms with Crippen LogP contribution in [0.2, 0.25) is 5.02 Å². The number of halogens is 1. The van der Waals surface area contributed by atoms with E-state index in [0.717, 1.165) is 11.3 Å². The number of carbonyl (C=O) groups is 1. The Labute approximate surface area is 172 Å². The van der Waals surface area contributed by atoms with Gasteiger partial charge in [-0.05, 0) is 36.8 Å². The summed E-state index contributed by atoms with van der Waals surface area (Å²) in [4.78, 5) is 22.7.